The molecular formula is C19H17ClN4O2S. The summed E-state index contributed by atoms with van der Waals surface area (Å²) in [7, 11) is 1.60. The van der Waals surface area contributed by atoms with E-state index in [9.17, 15) is 4.79 Å². The van der Waals surface area contributed by atoms with Crippen LogP contribution in [0.15, 0.2) is 59.0 Å². The predicted molar refractivity (Wildman–Crippen MR) is 111 cm³/mol. The smallest absolute Gasteiger partial charge is 0.230 e. The van der Waals surface area contributed by atoms with Gasteiger partial charge in [-0.05, 0) is 36.4 Å². The van der Waals surface area contributed by atoms with Gasteiger partial charge < -0.3 is 4.74 Å². The molecule has 1 heterocycles. The van der Waals surface area contributed by atoms with Crippen molar-refractivity contribution in [2.75, 3.05) is 17.4 Å². The largest absolute Gasteiger partial charge is 0.497 e. The van der Waals surface area contributed by atoms with Crippen molar-refractivity contribution in [2.24, 2.45) is 5.10 Å². The Labute approximate surface area is 166 Å². The highest BCUT2D eigenvalue weighted by molar-refractivity contribution is 7.14. The summed E-state index contributed by atoms with van der Waals surface area (Å²) in [4.78, 5) is 18.2. The third-order valence-corrected chi connectivity index (χ3v) is 4.78. The molecule has 0 bridgehead atoms. The third kappa shape index (κ3) is 4.64. The maximum absolute atomic E-state index is 12.1. The van der Waals surface area contributed by atoms with Crippen LogP contribution in [0.4, 0.5) is 16.5 Å². The number of hydrogen-bond acceptors (Lipinski definition) is 6. The molecule has 0 aliphatic carbocycles. The van der Waals surface area contributed by atoms with Crippen LogP contribution < -0.4 is 15.1 Å². The van der Waals surface area contributed by atoms with Gasteiger partial charge in [0.2, 0.25) is 5.91 Å². The summed E-state index contributed by atoms with van der Waals surface area (Å²) in [5.74, 6) is 0.590. The van der Waals surface area contributed by atoms with E-state index < -0.39 is 0 Å². The van der Waals surface area contributed by atoms with Gasteiger partial charge in [-0.25, -0.2) is 4.98 Å². The van der Waals surface area contributed by atoms with Gasteiger partial charge in [-0.15, -0.1) is 11.3 Å². The number of hydrogen-bond donors (Lipinski definition) is 1. The van der Waals surface area contributed by atoms with E-state index in [0.29, 0.717) is 21.5 Å². The number of carbonyl (C=O) groups excluding carboxylic acids is 1. The number of benzene rings is 2. The Morgan fingerprint density at radius 1 is 1.26 bits per heavy atom. The van der Waals surface area contributed by atoms with Crippen molar-refractivity contribution >= 4 is 51.6 Å². The Morgan fingerprint density at radius 3 is 2.67 bits per heavy atom. The SMILES string of the molecule is COc1ccc(N(C(C)=O)c2nc(/C=N\Nc3ccccc3Cl)cs2)cc1. The van der Waals surface area contributed by atoms with E-state index in [-0.39, 0.29) is 5.91 Å². The minimum atomic E-state index is -0.132. The number of aromatic nitrogens is 1. The first kappa shape index (κ1) is 18.9. The predicted octanol–water partition coefficient (Wildman–Crippen LogP) is 4.94. The lowest BCUT2D eigenvalue weighted by molar-refractivity contribution is -0.115. The Morgan fingerprint density at radius 2 is 2.00 bits per heavy atom. The zero-order valence-corrected chi connectivity index (χ0v) is 16.3. The average molecular weight is 401 g/mol. The van der Waals surface area contributed by atoms with E-state index in [0.717, 1.165) is 11.4 Å². The van der Waals surface area contributed by atoms with Crippen LogP contribution >= 0.6 is 22.9 Å². The molecular weight excluding hydrogens is 384 g/mol. The number of nitrogens with zero attached hydrogens (tertiary/aromatic N) is 3. The normalized spacial score (nSPS) is 10.8. The molecule has 3 rings (SSSR count). The lowest BCUT2D eigenvalue weighted by atomic mass is 10.3. The number of ether oxygens (including phenoxy) is 1. The van der Waals surface area contributed by atoms with E-state index in [1.165, 1.54) is 18.3 Å². The number of rotatable bonds is 6. The van der Waals surface area contributed by atoms with E-state index >= 15 is 0 Å². The summed E-state index contributed by atoms with van der Waals surface area (Å²) in [6.07, 6.45) is 1.58. The fourth-order valence-electron chi connectivity index (χ4n) is 2.32. The quantitative estimate of drug-likeness (QED) is 0.470. The van der Waals surface area contributed by atoms with Crippen molar-refractivity contribution < 1.29 is 9.53 Å². The number of methoxy groups -OCH3 is 1. The topological polar surface area (TPSA) is 66.8 Å². The first-order chi connectivity index (χ1) is 13.1. The maximum atomic E-state index is 12.1. The molecule has 0 radical (unpaired) electrons. The Balaban J connectivity index is 1.76. The highest BCUT2D eigenvalue weighted by atomic mass is 35.5. The molecule has 1 N–H and O–H groups in total. The summed E-state index contributed by atoms with van der Waals surface area (Å²) in [6.45, 7) is 1.50. The second-order valence-electron chi connectivity index (χ2n) is 5.46. The van der Waals surface area contributed by atoms with E-state index in [2.05, 4.69) is 15.5 Å². The number of hydrazone groups is 1. The maximum Gasteiger partial charge on any atom is 0.230 e. The Hall–Kier alpha value is -2.90. The Bertz CT molecular complexity index is 956. The zero-order chi connectivity index (χ0) is 19.2. The van der Waals surface area contributed by atoms with Crippen LogP contribution in [0.3, 0.4) is 0 Å². The van der Waals surface area contributed by atoms with E-state index in [1.807, 2.05) is 35.7 Å². The van der Waals surface area contributed by atoms with Crippen molar-refractivity contribution in [1.82, 2.24) is 4.98 Å². The molecule has 0 spiro atoms. The van der Waals surface area contributed by atoms with Gasteiger partial charge in [-0.3, -0.25) is 15.1 Å². The number of thiazole rings is 1. The number of halogens is 1. The molecule has 1 aromatic heterocycles. The molecule has 27 heavy (non-hydrogen) atoms. The minimum absolute atomic E-state index is 0.132. The molecule has 3 aromatic rings. The fourth-order valence-corrected chi connectivity index (χ4v) is 3.33. The fraction of sp³-hybridized carbons (Fsp3) is 0.105. The standard InChI is InChI=1S/C19H17ClN4O2S/c1-13(25)24(15-7-9-16(26-2)10-8-15)19-22-14(12-27-19)11-21-23-18-6-4-3-5-17(18)20/h3-12,23H,1-2H3/b21-11-. The van der Waals surface area contributed by atoms with Gasteiger partial charge >= 0.3 is 0 Å². The number of anilines is 3. The van der Waals surface area contributed by atoms with Crippen molar-refractivity contribution in [3.05, 3.63) is 64.6 Å². The molecule has 0 atom stereocenters. The van der Waals surface area contributed by atoms with Crippen LogP contribution in [-0.4, -0.2) is 24.2 Å². The molecule has 0 fully saturated rings. The number of carbonyl (C=O) groups is 1. The summed E-state index contributed by atoms with van der Waals surface area (Å²) in [5.41, 5.74) is 4.93. The molecule has 1 amide bonds. The average Bonchev–Trinajstić information content (AvgIpc) is 3.12. The molecule has 0 saturated carbocycles. The zero-order valence-electron chi connectivity index (χ0n) is 14.7. The monoisotopic (exact) mass is 400 g/mol. The lowest BCUT2D eigenvalue weighted by Crippen LogP contribution is -2.22. The van der Waals surface area contributed by atoms with Crippen LogP contribution in [0.2, 0.25) is 5.02 Å². The minimum Gasteiger partial charge on any atom is -0.497 e. The molecule has 2 aromatic carbocycles. The van der Waals surface area contributed by atoms with Crippen LogP contribution in [0, 0.1) is 0 Å². The number of para-hydroxylation sites is 1. The molecule has 0 unspecified atom stereocenters. The van der Waals surface area contributed by atoms with Crippen molar-refractivity contribution in [1.29, 1.82) is 0 Å². The molecule has 0 aliphatic rings. The Kier molecular flexibility index (Phi) is 6.05. The van der Waals surface area contributed by atoms with Gasteiger partial charge in [0, 0.05) is 12.3 Å². The summed E-state index contributed by atoms with van der Waals surface area (Å²) >= 11 is 7.43. The molecule has 138 valence electrons. The number of amides is 1. The second-order valence-corrected chi connectivity index (χ2v) is 6.70. The highest BCUT2D eigenvalue weighted by Crippen LogP contribution is 2.30. The molecule has 0 saturated heterocycles. The van der Waals surface area contributed by atoms with Crippen molar-refractivity contribution in [2.45, 2.75) is 6.92 Å². The van der Waals surface area contributed by atoms with Crippen LogP contribution in [0.25, 0.3) is 0 Å². The molecule has 8 heteroatoms. The lowest BCUT2D eigenvalue weighted by Gasteiger charge is -2.18. The second kappa shape index (κ2) is 8.66. The van der Waals surface area contributed by atoms with Gasteiger partial charge in [0.05, 0.1) is 35.4 Å². The summed E-state index contributed by atoms with van der Waals surface area (Å²) in [6, 6.07) is 14.5. The van der Waals surface area contributed by atoms with Crippen LogP contribution in [0.1, 0.15) is 12.6 Å². The van der Waals surface area contributed by atoms with Crippen molar-refractivity contribution in [3.63, 3.8) is 0 Å². The van der Waals surface area contributed by atoms with E-state index in [4.69, 9.17) is 16.3 Å². The van der Waals surface area contributed by atoms with E-state index in [1.54, 1.807) is 36.4 Å². The first-order valence-corrected chi connectivity index (χ1v) is 9.28. The highest BCUT2D eigenvalue weighted by Gasteiger charge is 2.17. The summed E-state index contributed by atoms with van der Waals surface area (Å²) in [5, 5.41) is 7.12. The van der Waals surface area contributed by atoms with Gasteiger partial charge in [-0.2, -0.15) is 5.10 Å². The van der Waals surface area contributed by atoms with Crippen LogP contribution in [-0.2, 0) is 4.79 Å². The van der Waals surface area contributed by atoms with Gasteiger partial charge in [0.15, 0.2) is 5.13 Å². The van der Waals surface area contributed by atoms with Gasteiger partial charge in [0.25, 0.3) is 0 Å². The van der Waals surface area contributed by atoms with Gasteiger partial charge in [-0.1, -0.05) is 23.7 Å². The van der Waals surface area contributed by atoms with Gasteiger partial charge in [0.1, 0.15) is 5.75 Å². The third-order valence-electron chi connectivity index (χ3n) is 3.60. The molecule has 0 aliphatic heterocycles. The molecule has 6 nitrogen and oxygen atoms in total. The number of nitrogens with one attached hydrogen (secondary N) is 1. The van der Waals surface area contributed by atoms with Crippen molar-refractivity contribution in [3.8, 4) is 5.75 Å². The summed E-state index contributed by atoms with van der Waals surface area (Å²) < 4.78 is 5.16. The first-order valence-electron chi connectivity index (χ1n) is 8.02. The van der Waals surface area contributed by atoms with Crippen LogP contribution in [0.5, 0.6) is 5.75 Å².